The molecule has 0 heterocycles. The lowest BCUT2D eigenvalue weighted by Crippen LogP contribution is -2.27. The topological polar surface area (TPSA) is 38.3 Å². The van der Waals surface area contributed by atoms with Crippen LogP contribution in [0.1, 0.15) is 10.4 Å². The van der Waals surface area contributed by atoms with Gasteiger partial charge in [-0.3, -0.25) is 4.79 Å². The lowest BCUT2D eigenvalue weighted by Gasteiger charge is -2.05. The van der Waals surface area contributed by atoms with Crippen molar-refractivity contribution in [2.75, 3.05) is 20.3 Å². The summed E-state index contributed by atoms with van der Waals surface area (Å²) in [4.78, 5) is 11.3. The minimum absolute atomic E-state index is 0.255. The van der Waals surface area contributed by atoms with Crippen LogP contribution in [0.15, 0.2) is 18.2 Å². The lowest BCUT2D eigenvalue weighted by atomic mass is 10.2. The fourth-order valence-electron chi connectivity index (χ4n) is 1.03. The molecule has 0 saturated carbocycles. The Morgan fingerprint density at radius 1 is 1.47 bits per heavy atom. The first-order valence-electron chi connectivity index (χ1n) is 4.37. The van der Waals surface area contributed by atoms with E-state index in [9.17, 15) is 13.6 Å². The Balaban J connectivity index is 2.68. The van der Waals surface area contributed by atoms with Crippen molar-refractivity contribution in [2.45, 2.75) is 0 Å². The molecule has 0 aromatic heterocycles. The molecule has 0 radical (unpaired) electrons. The van der Waals surface area contributed by atoms with Crippen LogP contribution < -0.4 is 5.32 Å². The molecule has 1 rings (SSSR count). The van der Waals surface area contributed by atoms with Crippen molar-refractivity contribution in [3.05, 3.63) is 35.4 Å². The first-order valence-corrected chi connectivity index (χ1v) is 4.37. The molecule has 0 fully saturated rings. The van der Waals surface area contributed by atoms with Gasteiger partial charge in [0.05, 0.1) is 12.2 Å². The molecular weight excluding hydrogens is 204 g/mol. The Labute approximate surface area is 86.0 Å². The smallest absolute Gasteiger partial charge is 0.254 e. The van der Waals surface area contributed by atoms with E-state index in [1.165, 1.54) is 7.11 Å². The Morgan fingerprint density at radius 2 is 2.20 bits per heavy atom. The number of hydrogen-bond acceptors (Lipinski definition) is 2. The van der Waals surface area contributed by atoms with Gasteiger partial charge in [0, 0.05) is 13.7 Å². The molecule has 1 aromatic rings. The third kappa shape index (κ3) is 3.28. The molecule has 15 heavy (non-hydrogen) atoms. The summed E-state index contributed by atoms with van der Waals surface area (Å²) in [7, 11) is 1.48. The van der Waals surface area contributed by atoms with Crippen LogP contribution in [0.25, 0.3) is 0 Å². The quantitative estimate of drug-likeness (QED) is 0.770. The van der Waals surface area contributed by atoms with Crippen LogP contribution >= 0.6 is 0 Å². The van der Waals surface area contributed by atoms with E-state index in [0.717, 1.165) is 18.2 Å². The third-order valence-electron chi connectivity index (χ3n) is 1.76. The van der Waals surface area contributed by atoms with Gasteiger partial charge in [0.25, 0.3) is 5.91 Å². The molecule has 3 nitrogen and oxygen atoms in total. The van der Waals surface area contributed by atoms with Crippen molar-refractivity contribution in [1.29, 1.82) is 0 Å². The number of rotatable bonds is 4. The van der Waals surface area contributed by atoms with Crippen LogP contribution in [-0.2, 0) is 4.74 Å². The summed E-state index contributed by atoms with van der Waals surface area (Å²) < 4.78 is 30.5. The van der Waals surface area contributed by atoms with E-state index < -0.39 is 17.5 Å². The highest BCUT2D eigenvalue weighted by Gasteiger charge is 2.11. The average Bonchev–Trinajstić information content (AvgIpc) is 2.22. The fraction of sp³-hybridized carbons (Fsp3) is 0.300. The van der Waals surface area contributed by atoms with E-state index in [1.807, 2.05) is 0 Å². The molecule has 1 amide bonds. The molecule has 0 atom stereocenters. The van der Waals surface area contributed by atoms with Crippen LogP contribution in [0.3, 0.4) is 0 Å². The van der Waals surface area contributed by atoms with Gasteiger partial charge in [-0.05, 0) is 18.2 Å². The van der Waals surface area contributed by atoms with E-state index in [2.05, 4.69) is 5.32 Å². The van der Waals surface area contributed by atoms with Crippen molar-refractivity contribution in [3.8, 4) is 0 Å². The predicted molar refractivity (Wildman–Crippen MR) is 50.6 cm³/mol. The molecule has 0 unspecified atom stereocenters. The zero-order valence-electron chi connectivity index (χ0n) is 8.22. The van der Waals surface area contributed by atoms with Crippen molar-refractivity contribution < 1.29 is 18.3 Å². The highest BCUT2D eigenvalue weighted by molar-refractivity contribution is 5.94. The van der Waals surface area contributed by atoms with E-state index in [1.54, 1.807) is 0 Å². The number of carbonyl (C=O) groups excluding carboxylic acids is 1. The van der Waals surface area contributed by atoms with Gasteiger partial charge in [0.1, 0.15) is 11.6 Å². The average molecular weight is 215 g/mol. The second-order valence-corrected chi connectivity index (χ2v) is 2.87. The van der Waals surface area contributed by atoms with E-state index >= 15 is 0 Å². The highest BCUT2D eigenvalue weighted by Crippen LogP contribution is 2.09. The number of methoxy groups -OCH3 is 1. The van der Waals surface area contributed by atoms with Crippen LogP contribution in [0.2, 0.25) is 0 Å². The Morgan fingerprint density at radius 3 is 2.87 bits per heavy atom. The number of benzene rings is 1. The fourth-order valence-corrected chi connectivity index (χ4v) is 1.03. The molecule has 1 N–H and O–H groups in total. The molecular formula is C10H11F2NO2. The maximum atomic E-state index is 13.1. The normalized spacial score (nSPS) is 10.1. The molecule has 0 aliphatic rings. The van der Waals surface area contributed by atoms with Gasteiger partial charge in [0.15, 0.2) is 0 Å². The van der Waals surface area contributed by atoms with Gasteiger partial charge < -0.3 is 10.1 Å². The summed E-state index contributed by atoms with van der Waals surface area (Å²) in [5.74, 6) is -2.04. The monoisotopic (exact) mass is 215 g/mol. The maximum absolute atomic E-state index is 13.1. The van der Waals surface area contributed by atoms with Gasteiger partial charge in [0.2, 0.25) is 0 Å². The van der Waals surface area contributed by atoms with Gasteiger partial charge >= 0.3 is 0 Å². The second kappa shape index (κ2) is 5.41. The molecule has 0 aliphatic carbocycles. The number of amides is 1. The third-order valence-corrected chi connectivity index (χ3v) is 1.76. The summed E-state index contributed by atoms with van der Waals surface area (Å²) in [6, 6.07) is 2.74. The molecule has 0 aliphatic heterocycles. The zero-order valence-corrected chi connectivity index (χ0v) is 8.22. The SMILES string of the molecule is COCCNC(=O)c1cc(F)ccc1F. The number of hydrogen-bond donors (Lipinski definition) is 1. The Bertz CT molecular complexity index is 355. The molecule has 5 heteroatoms. The van der Waals surface area contributed by atoms with Gasteiger partial charge in [-0.25, -0.2) is 8.78 Å². The summed E-state index contributed by atoms with van der Waals surface area (Å²) >= 11 is 0. The lowest BCUT2D eigenvalue weighted by molar-refractivity contribution is 0.0932. The largest absolute Gasteiger partial charge is 0.383 e. The maximum Gasteiger partial charge on any atom is 0.254 e. The number of carbonyl (C=O) groups is 1. The van der Waals surface area contributed by atoms with E-state index in [-0.39, 0.29) is 12.1 Å². The summed E-state index contributed by atoms with van der Waals surface area (Å²) in [5, 5.41) is 2.40. The number of nitrogens with one attached hydrogen (secondary N) is 1. The van der Waals surface area contributed by atoms with Crippen LogP contribution in [0.4, 0.5) is 8.78 Å². The Kier molecular flexibility index (Phi) is 4.17. The molecule has 0 spiro atoms. The highest BCUT2D eigenvalue weighted by atomic mass is 19.1. The van der Waals surface area contributed by atoms with Crippen molar-refractivity contribution in [2.24, 2.45) is 0 Å². The molecule has 0 bridgehead atoms. The minimum atomic E-state index is -0.744. The zero-order chi connectivity index (χ0) is 11.3. The number of halogens is 2. The molecule has 0 saturated heterocycles. The minimum Gasteiger partial charge on any atom is -0.383 e. The first kappa shape index (κ1) is 11.6. The second-order valence-electron chi connectivity index (χ2n) is 2.87. The molecule has 82 valence electrons. The first-order chi connectivity index (χ1) is 7.15. The van der Waals surface area contributed by atoms with Crippen LogP contribution in [-0.4, -0.2) is 26.2 Å². The predicted octanol–water partition coefficient (Wildman–Crippen LogP) is 1.34. The van der Waals surface area contributed by atoms with Crippen molar-refractivity contribution >= 4 is 5.91 Å². The summed E-state index contributed by atoms with van der Waals surface area (Å²) in [6.07, 6.45) is 0. The van der Waals surface area contributed by atoms with Crippen molar-refractivity contribution in [3.63, 3.8) is 0 Å². The van der Waals surface area contributed by atoms with Gasteiger partial charge in [-0.15, -0.1) is 0 Å². The summed E-state index contributed by atoms with van der Waals surface area (Å²) in [6.45, 7) is 0.577. The van der Waals surface area contributed by atoms with E-state index in [4.69, 9.17) is 4.74 Å². The van der Waals surface area contributed by atoms with Gasteiger partial charge in [-0.2, -0.15) is 0 Å². The molecule has 1 aromatic carbocycles. The van der Waals surface area contributed by atoms with Gasteiger partial charge in [-0.1, -0.05) is 0 Å². The van der Waals surface area contributed by atoms with E-state index in [0.29, 0.717) is 6.61 Å². The van der Waals surface area contributed by atoms with Crippen molar-refractivity contribution in [1.82, 2.24) is 5.32 Å². The van der Waals surface area contributed by atoms with Crippen LogP contribution in [0.5, 0.6) is 0 Å². The number of ether oxygens (including phenoxy) is 1. The standard InChI is InChI=1S/C10H11F2NO2/c1-15-5-4-13-10(14)8-6-7(11)2-3-9(8)12/h2-3,6H,4-5H2,1H3,(H,13,14). The summed E-state index contributed by atoms with van der Waals surface area (Å²) in [5.41, 5.74) is -0.300. The van der Waals surface area contributed by atoms with Crippen LogP contribution in [0, 0.1) is 11.6 Å². The Hall–Kier alpha value is -1.49.